The van der Waals surface area contributed by atoms with Crippen LogP contribution in [0.25, 0.3) is 0 Å². The van der Waals surface area contributed by atoms with Gasteiger partial charge in [-0.2, -0.15) is 23.5 Å². The van der Waals surface area contributed by atoms with E-state index in [1.165, 1.54) is 0 Å². The number of thioether (sulfide) groups is 2. The molecule has 1 atom stereocenters. The number of H-pyrrole nitrogens is 2. The molecule has 0 radical (unpaired) electrons. The minimum atomic E-state index is -3.63. The first-order valence-electron chi connectivity index (χ1n) is 12.1. The molecular weight excluding hydrogens is 529 g/mol. The molecule has 0 bridgehead atoms. The Morgan fingerprint density at radius 1 is 1.00 bits per heavy atom. The highest BCUT2D eigenvalue weighted by atomic mass is 32.2. The van der Waals surface area contributed by atoms with Crippen molar-refractivity contribution >= 4 is 37.2 Å². The van der Waals surface area contributed by atoms with Gasteiger partial charge in [0, 0.05) is 40.9 Å². The zero-order valence-corrected chi connectivity index (χ0v) is 24.1. The van der Waals surface area contributed by atoms with E-state index in [1.807, 2.05) is 44.2 Å². The lowest BCUT2D eigenvalue weighted by atomic mass is 10.2. The molecule has 3 aromatic rings. The van der Waals surface area contributed by atoms with E-state index in [4.69, 9.17) is 9.05 Å². The van der Waals surface area contributed by atoms with Gasteiger partial charge in [0.1, 0.15) is 0 Å². The summed E-state index contributed by atoms with van der Waals surface area (Å²) in [4.78, 5) is 19.5. The summed E-state index contributed by atoms with van der Waals surface area (Å²) < 4.78 is 24.7. The highest BCUT2D eigenvalue weighted by Crippen LogP contribution is 2.44. The molecule has 202 valence electrons. The molecule has 1 aromatic carbocycles. The third kappa shape index (κ3) is 10.6. The number of imidazole rings is 2. The van der Waals surface area contributed by atoms with Crippen LogP contribution in [0.3, 0.4) is 0 Å². The average Bonchev–Trinajstić information content (AvgIpc) is 3.50. The first-order chi connectivity index (χ1) is 18.0. The van der Waals surface area contributed by atoms with Gasteiger partial charge in [0.2, 0.25) is 0 Å². The summed E-state index contributed by atoms with van der Waals surface area (Å²) in [7, 11) is -3.63. The number of benzene rings is 1. The minimum absolute atomic E-state index is 0.163. The standard InChI is InChI=1S/C24H36N7O3PS2/c1-4-33-35(32,34-14-21-8-6-5-7-9-21)31-24(25-10-12-36-15-22-19(2)27-17-29-22)26-11-13-37-16-23-20(3)28-18-30-23/h5-9,17-18H,4,10-16H2,1-3H3,(H,27,29)(H,28,30)(H2,25,26,31,32). The van der Waals surface area contributed by atoms with Crippen molar-refractivity contribution in [3.63, 3.8) is 0 Å². The van der Waals surface area contributed by atoms with Crippen LogP contribution in [0.2, 0.25) is 0 Å². The molecule has 1 unspecified atom stereocenters. The molecule has 0 aliphatic carbocycles. The second-order valence-corrected chi connectivity index (χ2v) is 11.9. The van der Waals surface area contributed by atoms with Gasteiger partial charge in [0.15, 0.2) is 5.96 Å². The number of hydrogen-bond donors (Lipinski definition) is 4. The smallest absolute Gasteiger partial charge is 0.355 e. The fraction of sp³-hybridized carbons (Fsp3) is 0.458. The zero-order chi connectivity index (χ0) is 26.3. The summed E-state index contributed by atoms with van der Waals surface area (Å²) in [6.07, 6.45) is 3.42. The van der Waals surface area contributed by atoms with E-state index in [0.717, 1.165) is 51.4 Å². The highest BCUT2D eigenvalue weighted by molar-refractivity contribution is 7.98. The number of nitrogens with one attached hydrogen (secondary N) is 4. The van der Waals surface area contributed by atoms with E-state index < -0.39 is 7.75 Å². The van der Waals surface area contributed by atoms with Gasteiger partial charge in [-0.1, -0.05) is 30.3 Å². The molecule has 0 spiro atoms. The Bertz CT molecular complexity index is 1140. The van der Waals surface area contributed by atoms with Crippen LogP contribution in [-0.4, -0.2) is 57.1 Å². The topological polar surface area (TPSA) is 129 Å². The van der Waals surface area contributed by atoms with E-state index in [2.05, 4.69) is 35.3 Å². The van der Waals surface area contributed by atoms with Crippen molar-refractivity contribution in [1.82, 2.24) is 30.3 Å². The van der Waals surface area contributed by atoms with E-state index in [0.29, 0.717) is 19.0 Å². The molecule has 4 N–H and O–H groups in total. The third-order valence-electron chi connectivity index (χ3n) is 5.18. The predicted molar refractivity (Wildman–Crippen MR) is 153 cm³/mol. The van der Waals surface area contributed by atoms with Gasteiger partial charge >= 0.3 is 7.75 Å². The Kier molecular flexibility index (Phi) is 12.6. The Labute approximate surface area is 227 Å². The predicted octanol–water partition coefficient (Wildman–Crippen LogP) is 4.81. The maximum Gasteiger partial charge on any atom is 0.435 e. The molecule has 0 saturated heterocycles. The summed E-state index contributed by atoms with van der Waals surface area (Å²) in [5.41, 5.74) is 5.17. The van der Waals surface area contributed by atoms with Crippen LogP contribution in [0.1, 0.15) is 35.3 Å². The van der Waals surface area contributed by atoms with Crippen LogP contribution in [0, 0.1) is 13.8 Å². The summed E-state index contributed by atoms with van der Waals surface area (Å²) >= 11 is 3.51. The monoisotopic (exact) mass is 565 g/mol. The number of nitrogens with zero attached hydrogens (tertiary/aromatic N) is 3. The number of aryl methyl sites for hydroxylation is 2. The molecule has 10 nitrogen and oxygen atoms in total. The van der Waals surface area contributed by atoms with E-state index in [9.17, 15) is 4.57 Å². The lowest BCUT2D eigenvalue weighted by molar-refractivity contribution is 0.200. The summed E-state index contributed by atoms with van der Waals surface area (Å²) in [6.45, 7) is 7.38. The zero-order valence-electron chi connectivity index (χ0n) is 21.5. The van der Waals surface area contributed by atoms with Crippen LogP contribution < -0.4 is 10.4 Å². The number of aromatic amines is 2. The molecule has 0 saturated carbocycles. The van der Waals surface area contributed by atoms with Crippen molar-refractivity contribution in [3.8, 4) is 0 Å². The van der Waals surface area contributed by atoms with Crippen molar-refractivity contribution in [3.05, 3.63) is 71.3 Å². The van der Waals surface area contributed by atoms with E-state index in [-0.39, 0.29) is 13.2 Å². The van der Waals surface area contributed by atoms with Crippen molar-refractivity contribution < 1.29 is 13.6 Å². The van der Waals surface area contributed by atoms with Gasteiger partial charge in [-0.25, -0.2) is 14.5 Å². The van der Waals surface area contributed by atoms with Crippen LogP contribution in [-0.2, 0) is 31.7 Å². The number of guanidine groups is 1. The first kappa shape index (κ1) is 29.3. The molecule has 0 amide bonds. The summed E-state index contributed by atoms with van der Waals surface area (Å²) in [5, 5.41) is 6.20. The summed E-state index contributed by atoms with van der Waals surface area (Å²) in [5.74, 6) is 3.64. The SMILES string of the molecule is CCOP(=O)(NC(=NCCSCc1nc[nH]c1C)NCCSCc1nc[nH]c1C)OCc1ccccc1. The molecule has 3 rings (SSSR count). The fourth-order valence-corrected chi connectivity index (χ4v) is 6.13. The molecular formula is C24H36N7O3PS2. The molecule has 2 aromatic heterocycles. The molecule has 0 aliphatic heterocycles. The lowest BCUT2D eigenvalue weighted by Crippen LogP contribution is -2.38. The van der Waals surface area contributed by atoms with Gasteiger partial charge in [-0.05, 0) is 26.3 Å². The quantitative estimate of drug-likeness (QED) is 0.0837. The van der Waals surface area contributed by atoms with Gasteiger partial charge in [0.05, 0.1) is 43.8 Å². The van der Waals surface area contributed by atoms with Crippen molar-refractivity contribution in [1.29, 1.82) is 0 Å². The molecule has 37 heavy (non-hydrogen) atoms. The molecule has 0 fully saturated rings. The molecule has 2 heterocycles. The maximum absolute atomic E-state index is 13.5. The second-order valence-electron chi connectivity index (χ2n) is 8.00. The Hall–Kier alpha value is -2.24. The number of hydrogen-bond acceptors (Lipinski definition) is 8. The third-order valence-corrected chi connectivity index (χ3v) is 8.65. The van der Waals surface area contributed by atoms with Gasteiger partial charge in [-0.15, -0.1) is 0 Å². The molecule has 0 aliphatic rings. The van der Waals surface area contributed by atoms with Crippen LogP contribution in [0.15, 0.2) is 48.0 Å². The van der Waals surface area contributed by atoms with Crippen molar-refractivity contribution in [2.75, 3.05) is 31.2 Å². The van der Waals surface area contributed by atoms with Gasteiger partial charge < -0.3 is 15.3 Å². The maximum atomic E-state index is 13.5. The van der Waals surface area contributed by atoms with E-state index >= 15 is 0 Å². The molecule has 13 heteroatoms. The van der Waals surface area contributed by atoms with Crippen molar-refractivity contribution in [2.45, 2.75) is 38.9 Å². The van der Waals surface area contributed by atoms with E-state index in [1.54, 1.807) is 43.1 Å². The lowest BCUT2D eigenvalue weighted by Gasteiger charge is -2.21. The number of aliphatic imine (C=N–C) groups is 1. The second kappa shape index (κ2) is 15.9. The van der Waals surface area contributed by atoms with Gasteiger partial charge in [0.25, 0.3) is 0 Å². The largest absolute Gasteiger partial charge is 0.435 e. The number of rotatable bonds is 16. The number of aromatic nitrogens is 4. The van der Waals surface area contributed by atoms with Crippen LogP contribution >= 0.6 is 31.3 Å². The Balaban J connectivity index is 1.55. The van der Waals surface area contributed by atoms with Gasteiger partial charge in [-0.3, -0.25) is 19.1 Å². The summed E-state index contributed by atoms with van der Waals surface area (Å²) in [6, 6.07) is 9.59. The normalized spacial score (nSPS) is 13.4. The van der Waals surface area contributed by atoms with Crippen molar-refractivity contribution in [2.24, 2.45) is 4.99 Å². The van der Waals surface area contributed by atoms with Crippen LogP contribution in [0.5, 0.6) is 0 Å². The average molecular weight is 566 g/mol. The van der Waals surface area contributed by atoms with Crippen LogP contribution in [0.4, 0.5) is 0 Å². The first-order valence-corrected chi connectivity index (χ1v) is 16.0. The minimum Gasteiger partial charge on any atom is -0.355 e. The Morgan fingerprint density at radius 3 is 2.24 bits per heavy atom. The fourth-order valence-electron chi connectivity index (χ4n) is 3.13. The highest BCUT2D eigenvalue weighted by Gasteiger charge is 2.26. The Morgan fingerprint density at radius 2 is 1.65 bits per heavy atom.